The Hall–Kier alpha value is -3.48. The Morgan fingerprint density at radius 2 is 1.93 bits per heavy atom. The first-order valence-corrected chi connectivity index (χ1v) is 8.78. The van der Waals surface area contributed by atoms with Crippen LogP contribution in [-0.4, -0.2) is 26.1 Å². The number of rotatable bonds is 4. The number of H-pyrrole nitrogens is 2. The number of benzene rings is 2. The average Bonchev–Trinajstić information content (AvgIpc) is 3.25. The van der Waals surface area contributed by atoms with E-state index in [-0.39, 0.29) is 11.7 Å². The minimum Gasteiger partial charge on any atom is -0.351 e. The molecule has 5 rings (SSSR count). The van der Waals surface area contributed by atoms with E-state index < -0.39 is 0 Å². The predicted molar refractivity (Wildman–Crippen MR) is 100 cm³/mol. The van der Waals surface area contributed by atoms with Crippen LogP contribution in [-0.2, 0) is 0 Å². The van der Waals surface area contributed by atoms with Crippen molar-refractivity contribution < 1.29 is 9.18 Å². The number of aromatic amines is 2. The Labute approximate surface area is 153 Å². The van der Waals surface area contributed by atoms with E-state index in [1.54, 1.807) is 12.1 Å². The first kappa shape index (κ1) is 15.7. The van der Waals surface area contributed by atoms with Crippen molar-refractivity contribution >= 4 is 22.5 Å². The molecule has 1 aliphatic rings. The molecule has 7 heteroatoms. The number of hydrogen-bond acceptors (Lipinski definition) is 3. The van der Waals surface area contributed by atoms with E-state index in [2.05, 4.69) is 25.5 Å². The van der Waals surface area contributed by atoms with Crippen LogP contribution in [0.2, 0.25) is 0 Å². The number of fused-ring (bicyclic) bond motifs is 1. The van der Waals surface area contributed by atoms with Gasteiger partial charge in [-0.05, 0) is 61.4 Å². The second-order valence-electron chi connectivity index (χ2n) is 6.76. The lowest BCUT2D eigenvalue weighted by atomic mass is 10.2. The molecule has 2 heterocycles. The molecule has 1 fully saturated rings. The molecule has 0 aliphatic heterocycles. The van der Waals surface area contributed by atoms with Crippen molar-refractivity contribution in [2.75, 3.05) is 5.32 Å². The van der Waals surface area contributed by atoms with Crippen LogP contribution in [0.15, 0.2) is 48.5 Å². The van der Waals surface area contributed by atoms with E-state index in [1.165, 1.54) is 25.0 Å². The van der Waals surface area contributed by atoms with Crippen LogP contribution >= 0.6 is 0 Å². The van der Waals surface area contributed by atoms with Crippen LogP contribution in [0.3, 0.4) is 0 Å². The standard InChI is InChI=1S/C20H16FN5O/c21-14-5-8-16-13(9-14)10-17(23-16)20(27)22-15-6-3-12(4-7-15)19-24-18(25-26-19)11-1-2-11/h3-11,23H,1-2H2,(H,22,27)(H,24,25,26). The Balaban J connectivity index is 1.32. The zero-order valence-electron chi connectivity index (χ0n) is 14.3. The molecule has 134 valence electrons. The lowest BCUT2D eigenvalue weighted by Crippen LogP contribution is -2.12. The van der Waals surface area contributed by atoms with E-state index in [0.717, 1.165) is 11.4 Å². The minimum absolute atomic E-state index is 0.284. The van der Waals surface area contributed by atoms with Gasteiger partial charge in [-0.2, -0.15) is 5.10 Å². The second-order valence-corrected chi connectivity index (χ2v) is 6.76. The molecule has 1 amide bonds. The highest BCUT2D eigenvalue weighted by Crippen LogP contribution is 2.38. The molecule has 2 aromatic carbocycles. The fourth-order valence-electron chi connectivity index (χ4n) is 3.07. The smallest absolute Gasteiger partial charge is 0.272 e. The van der Waals surface area contributed by atoms with Gasteiger partial charge >= 0.3 is 0 Å². The number of hydrogen-bond donors (Lipinski definition) is 3. The molecule has 27 heavy (non-hydrogen) atoms. The topological polar surface area (TPSA) is 86.5 Å². The number of nitrogens with one attached hydrogen (secondary N) is 3. The van der Waals surface area contributed by atoms with Crippen molar-refractivity contribution in [1.82, 2.24) is 20.2 Å². The van der Waals surface area contributed by atoms with Gasteiger partial charge in [-0.15, -0.1) is 0 Å². The third-order valence-electron chi connectivity index (χ3n) is 4.70. The maximum atomic E-state index is 13.3. The van der Waals surface area contributed by atoms with Gasteiger partial charge in [-0.3, -0.25) is 9.89 Å². The van der Waals surface area contributed by atoms with Crippen molar-refractivity contribution in [3.63, 3.8) is 0 Å². The van der Waals surface area contributed by atoms with Crippen molar-refractivity contribution in [3.8, 4) is 11.4 Å². The van der Waals surface area contributed by atoms with Gasteiger partial charge in [0.05, 0.1) is 0 Å². The summed E-state index contributed by atoms with van der Waals surface area (Å²) >= 11 is 0. The van der Waals surface area contributed by atoms with Gasteiger partial charge in [0.1, 0.15) is 17.3 Å². The van der Waals surface area contributed by atoms with Crippen LogP contribution in [0, 0.1) is 5.82 Å². The van der Waals surface area contributed by atoms with Crippen LogP contribution in [0.25, 0.3) is 22.3 Å². The number of aromatic nitrogens is 4. The van der Waals surface area contributed by atoms with Crippen molar-refractivity contribution in [3.05, 3.63) is 65.9 Å². The zero-order chi connectivity index (χ0) is 18.4. The van der Waals surface area contributed by atoms with Gasteiger partial charge in [0.15, 0.2) is 5.82 Å². The van der Waals surface area contributed by atoms with E-state index in [9.17, 15) is 9.18 Å². The highest BCUT2D eigenvalue weighted by molar-refractivity contribution is 6.06. The highest BCUT2D eigenvalue weighted by Gasteiger charge is 2.27. The predicted octanol–water partition coefficient (Wildman–Crippen LogP) is 4.22. The van der Waals surface area contributed by atoms with Gasteiger partial charge in [-0.25, -0.2) is 9.37 Å². The molecular formula is C20H16FN5O. The summed E-state index contributed by atoms with van der Waals surface area (Å²) in [6, 6.07) is 13.4. The third kappa shape index (κ3) is 3.08. The molecule has 0 unspecified atom stereocenters. The third-order valence-corrected chi connectivity index (χ3v) is 4.70. The summed E-state index contributed by atoms with van der Waals surface area (Å²) in [5.74, 6) is 1.51. The number of nitrogens with zero attached hydrogens (tertiary/aromatic N) is 2. The SMILES string of the molecule is O=C(Nc1ccc(-c2n[nH]c(C3CC3)n2)cc1)c1cc2cc(F)ccc2[nH]1. The summed E-state index contributed by atoms with van der Waals surface area (Å²) in [5.41, 5.74) is 2.64. The molecule has 0 spiro atoms. The summed E-state index contributed by atoms with van der Waals surface area (Å²) in [7, 11) is 0. The average molecular weight is 361 g/mol. The van der Waals surface area contributed by atoms with Gasteiger partial charge in [0.2, 0.25) is 0 Å². The highest BCUT2D eigenvalue weighted by atomic mass is 19.1. The number of amides is 1. The summed E-state index contributed by atoms with van der Waals surface area (Å²) in [6.07, 6.45) is 2.33. The molecule has 0 radical (unpaired) electrons. The Bertz CT molecular complexity index is 1140. The summed E-state index contributed by atoms with van der Waals surface area (Å²) in [4.78, 5) is 20.0. The number of carbonyl (C=O) groups excluding carboxylic acids is 1. The molecule has 0 saturated heterocycles. The molecule has 0 bridgehead atoms. The maximum Gasteiger partial charge on any atom is 0.272 e. The van der Waals surface area contributed by atoms with E-state index >= 15 is 0 Å². The summed E-state index contributed by atoms with van der Waals surface area (Å²) < 4.78 is 13.3. The summed E-state index contributed by atoms with van der Waals surface area (Å²) in [5, 5.41) is 10.7. The van der Waals surface area contributed by atoms with Gasteiger partial charge in [0, 0.05) is 28.1 Å². The molecule has 1 aliphatic carbocycles. The Kier molecular flexibility index (Phi) is 3.53. The number of carbonyl (C=O) groups is 1. The molecule has 3 N–H and O–H groups in total. The minimum atomic E-state index is -0.333. The first-order valence-electron chi connectivity index (χ1n) is 8.78. The van der Waals surface area contributed by atoms with Crippen molar-refractivity contribution in [2.45, 2.75) is 18.8 Å². The fourth-order valence-corrected chi connectivity index (χ4v) is 3.07. The number of halogens is 1. The van der Waals surface area contributed by atoms with Crippen molar-refractivity contribution in [2.24, 2.45) is 0 Å². The molecule has 4 aromatic rings. The molecule has 1 saturated carbocycles. The lowest BCUT2D eigenvalue weighted by Gasteiger charge is -2.04. The van der Waals surface area contributed by atoms with E-state index in [0.29, 0.717) is 34.0 Å². The van der Waals surface area contributed by atoms with Crippen LogP contribution in [0.5, 0.6) is 0 Å². The maximum absolute atomic E-state index is 13.3. The Morgan fingerprint density at radius 3 is 2.70 bits per heavy atom. The molecule has 6 nitrogen and oxygen atoms in total. The monoisotopic (exact) mass is 361 g/mol. The van der Waals surface area contributed by atoms with Crippen LogP contribution in [0.4, 0.5) is 10.1 Å². The van der Waals surface area contributed by atoms with Crippen LogP contribution < -0.4 is 5.32 Å². The van der Waals surface area contributed by atoms with Gasteiger partial charge < -0.3 is 10.3 Å². The molecule has 0 atom stereocenters. The largest absolute Gasteiger partial charge is 0.351 e. The lowest BCUT2D eigenvalue weighted by molar-refractivity contribution is 0.102. The first-order chi connectivity index (χ1) is 13.2. The Morgan fingerprint density at radius 1 is 1.11 bits per heavy atom. The zero-order valence-corrected chi connectivity index (χ0v) is 14.3. The quantitative estimate of drug-likeness (QED) is 0.509. The van der Waals surface area contributed by atoms with Crippen molar-refractivity contribution in [1.29, 1.82) is 0 Å². The van der Waals surface area contributed by atoms with E-state index in [1.807, 2.05) is 24.3 Å². The summed E-state index contributed by atoms with van der Waals surface area (Å²) in [6.45, 7) is 0. The van der Waals surface area contributed by atoms with Gasteiger partial charge in [-0.1, -0.05) is 0 Å². The molecule has 2 aromatic heterocycles. The normalized spacial score (nSPS) is 13.8. The number of anilines is 1. The van der Waals surface area contributed by atoms with Gasteiger partial charge in [0.25, 0.3) is 5.91 Å². The van der Waals surface area contributed by atoms with Crippen LogP contribution in [0.1, 0.15) is 35.1 Å². The van der Waals surface area contributed by atoms with E-state index in [4.69, 9.17) is 0 Å². The second kappa shape index (κ2) is 6.05. The molecular weight excluding hydrogens is 345 g/mol. The fraction of sp³-hybridized carbons (Fsp3) is 0.150.